The molecule has 38 heavy (non-hydrogen) atoms. The highest BCUT2D eigenvalue weighted by molar-refractivity contribution is 5.90. The molecule has 1 atom stereocenters. The van der Waals surface area contributed by atoms with Crippen molar-refractivity contribution in [1.82, 2.24) is 4.90 Å². The van der Waals surface area contributed by atoms with Gasteiger partial charge in [0.1, 0.15) is 12.4 Å². The summed E-state index contributed by atoms with van der Waals surface area (Å²) in [5, 5.41) is 11.7. The van der Waals surface area contributed by atoms with Crippen LogP contribution in [0.2, 0.25) is 0 Å². The molecule has 1 saturated carbocycles. The van der Waals surface area contributed by atoms with E-state index >= 15 is 0 Å². The van der Waals surface area contributed by atoms with Crippen molar-refractivity contribution in [3.05, 3.63) is 59.7 Å². The molecule has 1 aliphatic rings. The standard InChI is InChI=1S/C28H35F3N2O5/c1-2-37-25(26(34)35)18-20-12-14-22(15-13-20)38-17-16-33(19-21-8-4-3-5-9-21)27(36)32-24-11-7-6-10-23(24)28(29,30)31/h6-7,10-15,21,25H,2-5,8-9,16-19H2,1H3,(H,32,36)(H,34,35). The Kier molecular flexibility index (Phi) is 10.8. The monoisotopic (exact) mass is 536 g/mol. The summed E-state index contributed by atoms with van der Waals surface area (Å²) in [6, 6.07) is 11.3. The molecular formula is C28H35F3N2O5. The fourth-order valence-corrected chi connectivity index (χ4v) is 4.62. The number of carbonyl (C=O) groups excluding carboxylic acids is 1. The van der Waals surface area contributed by atoms with Crippen molar-refractivity contribution in [3.63, 3.8) is 0 Å². The first-order chi connectivity index (χ1) is 18.2. The molecule has 2 N–H and O–H groups in total. The molecule has 7 nitrogen and oxygen atoms in total. The predicted molar refractivity (Wildman–Crippen MR) is 137 cm³/mol. The van der Waals surface area contributed by atoms with Crippen LogP contribution in [0.1, 0.15) is 50.2 Å². The van der Waals surface area contributed by atoms with Crippen molar-refractivity contribution in [2.45, 2.75) is 57.7 Å². The van der Waals surface area contributed by atoms with Crippen LogP contribution in [-0.2, 0) is 22.1 Å². The van der Waals surface area contributed by atoms with Gasteiger partial charge in [0.25, 0.3) is 0 Å². The molecule has 0 aliphatic heterocycles. The lowest BCUT2D eigenvalue weighted by atomic mass is 9.89. The highest BCUT2D eigenvalue weighted by Gasteiger charge is 2.34. The number of hydrogen-bond donors (Lipinski definition) is 2. The van der Waals surface area contributed by atoms with E-state index in [1.165, 1.54) is 23.1 Å². The van der Waals surface area contributed by atoms with Gasteiger partial charge in [0.2, 0.25) is 0 Å². The van der Waals surface area contributed by atoms with Gasteiger partial charge >= 0.3 is 18.2 Å². The van der Waals surface area contributed by atoms with Crippen molar-refractivity contribution < 1.29 is 37.3 Å². The summed E-state index contributed by atoms with van der Waals surface area (Å²) in [4.78, 5) is 25.9. The lowest BCUT2D eigenvalue weighted by Gasteiger charge is -2.30. The summed E-state index contributed by atoms with van der Waals surface area (Å²) in [6.07, 6.45) is -0.0370. The molecule has 10 heteroatoms. The number of aliphatic carboxylic acids is 1. The van der Waals surface area contributed by atoms with E-state index < -0.39 is 29.8 Å². The Bertz CT molecular complexity index is 1040. The molecular weight excluding hydrogens is 501 g/mol. The number of nitrogens with zero attached hydrogens (tertiary/aromatic N) is 1. The number of rotatable bonds is 12. The van der Waals surface area contributed by atoms with Crippen LogP contribution in [0.15, 0.2) is 48.5 Å². The lowest BCUT2D eigenvalue weighted by molar-refractivity contribution is -0.150. The third kappa shape index (κ3) is 8.93. The van der Waals surface area contributed by atoms with E-state index in [1.807, 2.05) is 0 Å². The molecule has 0 saturated heterocycles. The first-order valence-electron chi connectivity index (χ1n) is 13.0. The van der Waals surface area contributed by atoms with E-state index in [2.05, 4.69) is 5.32 Å². The third-order valence-corrected chi connectivity index (χ3v) is 6.58. The quantitative estimate of drug-likeness (QED) is 0.336. The van der Waals surface area contributed by atoms with Crippen molar-refractivity contribution in [2.75, 3.05) is 31.6 Å². The van der Waals surface area contributed by atoms with E-state index in [9.17, 15) is 27.9 Å². The van der Waals surface area contributed by atoms with Gasteiger partial charge in [0.15, 0.2) is 6.10 Å². The fourth-order valence-electron chi connectivity index (χ4n) is 4.62. The van der Waals surface area contributed by atoms with Crippen LogP contribution in [0.4, 0.5) is 23.7 Å². The van der Waals surface area contributed by atoms with Gasteiger partial charge in [-0.3, -0.25) is 0 Å². The highest BCUT2D eigenvalue weighted by atomic mass is 19.4. The molecule has 1 unspecified atom stereocenters. The van der Waals surface area contributed by atoms with Gasteiger partial charge in [-0.2, -0.15) is 13.2 Å². The number of amides is 2. The van der Waals surface area contributed by atoms with Crippen LogP contribution in [0.3, 0.4) is 0 Å². The van der Waals surface area contributed by atoms with E-state index in [1.54, 1.807) is 31.2 Å². The summed E-state index contributed by atoms with van der Waals surface area (Å²) >= 11 is 0. The summed E-state index contributed by atoms with van der Waals surface area (Å²) < 4.78 is 51.3. The zero-order valence-corrected chi connectivity index (χ0v) is 21.5. The van der Waals surface area contributed by atoms with E-state index in [-0.39, 0.29) is 25.3 Å². The second kappa shape index (κ2) is 14.0. The Labute approximate surface area is 220 Å². The Morgan fingerprint density at radius 3 is 2.39 bits per heavy atom. The first-order valence-corrected chi connectivity index (χ1v) is 13.0. The summed E-state index contributed by atoms with van der Waals surface area (Å²) in [5.74, 6) is -0.196. The largest absolute Gasteiger partial charge is 0.492 e. The molecule has 0 spiro atoms. The van der Waals surface area contributed by atoms with Gasteiger partial charge in [0, 0.05) is 19.6 Å². The Morgan fingerprint density at radius 2 is 1.76 bits per heavy atom. The highest BCUT2D eigenvalue weighted by Crippen LogP contribution is 2.34. The molecule has 0 bridgehead atoms. The molecule has 0 aromatic heterocycles. The number of benzene rings is 2. The van der Waals surface area contributed by atoms with Gasteiger partial charge in [0.05, 0.1) is 17.8 Å². The Morgan fingerprint density at radius 1 is 1.08 bits per heavy atom. The minimum Gasteiger partial charge on any atom is -0.492 e. The molecule has 3 rings (SSSR count). The van der Waals surface area contributed by atoms with E-state index in [0.29, 0.717) is 24.8 Å². The molecule has 1 fully saturated rings. The maximum atomic E-state index is 13.4. The van der Waals surface area contributed by atoms with Gasteiger partial charge in [-0.1, -0.05) is 43.5 Å². The van der Waals surface area contributed by atoms with Gasteiger partial charge in [-0.15, -0.1) is 0 Å². The third-order valence-electron chi connectivity index (χ3n) is 6.58. The van der Waals surface area contributed by atoms with Crippen LogP contribution in [0.25, 0.3) is 0 Å². The molecule has 0 radical (unpaired) electrons. The number of ether oxygens (including phenoxy) is 2. The van der Waals surface area contributed by atoms with Crippen molar-refractivity contribution in [2.24, 2.45) is 5.92 Å². The topological polar surface area (TPSA) is 88.1 Å². The number of carboxylic acids is 1. The number of anilines is 1. The van der Waals surface area contributed by atoms with Crippen LogP contribution in [0.5, 0.6) is 5.75 Å². The van der Waals surface area contributed by atoms with Crippen molar-refractivity contribution in [3.8, 4) is 5.75 Å². The lowest BCUT2D eigenvalue weighted by Crippen LogP contribution is -2.41. The van der Waals surface area contributed by atoms with Gasteiger partial charge < -0.3 is 24.8 Å². The number of hydrogen-bond acceptors (Lipinski definition) is 4. The van der Waals surface area contributed by atoms with Crippen LogP contribution >= 0.6 is 0 Å². The Balaban J connectivity index is 1.62. The zero-order valence-electron chi connectivity index (χ0n) is 21.5. The minimum absolute atomic E-state index is 0.150. The summed E-state index contributed by atoms with van der Waals surface area (Å²) in [5.41, 5.74) is -0.390. The average Bonchev–Trinajstić information content (AvgIpc) is 2.89. The summed E-state index contributed by atoms with van der Waals surface area (Å²) in [6.45, 7) is 2.82. The number of urea groups is 1. The Hall–Kier alpha value is -3.27. The predicted octanol–water partition coefficient (Wildman–Crippen LogP) is 6.23. The van der Waals surface area contributed by atoms with Crippen LogP contribution in [0, 0.1) is 5.92 Å². The van der Waals surface area contributed by atoms with E-state index in [4.69, 9.17) is 9.47 Å². The summed E-state index contributed by atoms with van der Waals surface area (Å²) in [7, 11) is 0. The maximum Gasteiger partial charge on any atom is 0.418 e. The maximum absolute atomic E-state index is 13.4. The zero-order chi connectivity index (χ0) is 27.5. The molecule has 2 aromatic carbocycles. The normalized spacial score (nSPS) is 15.1. The average molecular weight is 537 g/mol. The van der Waals surface area contributed by atoms with Crippen molar-refractivity contribution in [1.29, 1.82) is 0 Å². The number of carboxylic acid groups (broad SMARTS) is 1. The smallest absolute Gasteiger partial charge is 0.418 e. The minimum atomic E-state index is -4.58. The fraction of sp³-hybridized carbons (Fsp3) is 0.500. The van der Waals surface area contributed by atoms with Gasteiger partial charge in [-0.25, -0.2) is 9.59 Å². The number of nitrogens with one attached hydrogen (secondary N) is 1. The van der Waals surface area contributed by atoms with Crippen LogP contribution in [-0.4, -0.2) is 54.4 Å². The second-order valence-electron chi connectivity index (χ2n) is 9.40. The second-order valence-corrected chi connectivity index (χ2v) is 9.40. The van der Waals surface area contributed by atoms with Gasteiger partial charge in [-0.05, 0) is 55.5 Å². The van der Waals surface area contributed by atoms with E-state index in [0.717, 1.165) is 43.7 Å². The molecule has 0 heterocycles. The molecule has 2 amide bonds. The van der Waals surface area contributed by atoms with Crippen LogP contribution < -0.4 is 10.1 Å². The molecule has 208 valence electrons. The SMILES string of the molecule is CCOC(Cc1ccc(OCCN(CC2CCCCC2)C(=O)Nc2ccccc2C(F)(F)F)cc1)C(=O)O. The number of alkyl halides is 3. The van der Waals surface area contributed by atoms with Crippen molar-refractivity contribution >= 4 is 17.7 Å². The molecule has 1 aliphatic carbocycles. The first kappa shape index (κ1) is 29.3. The number of carbonyl (C=O) groups is 2. The molecule has 2 aromatic rings. The number of halogens is 3. The number of para-hydroxylation sites is 1.